The zero-order valence-electron chi connectivity index (χ0n) is 10.1. The molecule has 1 aromatic rings. The average Bonchev–Trinajstić information content (AvgIpc) is 2.76. The number of ether oxygens (including phenoxy) is 1. The highest BCUT2D eigenvalue weighted by Gasteiger charge is 2.21. The third kappa shape index (κ3) is 2.61. The van der Waals surface area contributed by atoms with E-state index < -0.39 is 12.1 Å². The van der Waals surface area contributed by atoms with Crippen LogP contribution in [0, 0.1) is 0 Å². The summed E-state index contributed by atoms with van der Waals surface area (Å²) in [5.41, 5.74) is 0.827. The lowest BCUT2D eigenvalue weighted by molar-refractivity contribution is -0.144. The van der Waals surface area contributed by atoms with Crippen LogP contribution in [0.5, 0.6) is 5.75 Å². The molecule has 0 aromatic heterocycles. The normalized spacial score (nSPS) is 16.7. The highest BCUT2D eigenvalue weighted by Crippen LogP contribution is 2.24. The van der Waals surface area contributed by atoms with E-state index >= 15 is 0 Å². The van der Waals surface area contributed by atoms with Gasteiger partial charge in [0.2, 0.25) is 5.91 Å². The lowest BCUT2D eigenvalue weighted by Crippen LogP contribution is -2.24. The SMILES string of the molecule is C[C@@H](Oc1ccc(N2CCCC2=O)cc1)C(=O)O. The molecule has 1 aliphatic rings. The second-order valence-electron chi connectivity index (χ2n) is 4.24. The third-order valence-electron chi connectivity index (χ3n) is 2.88. The molecule has 1 aromatic carbocycles. The summed E-state index contributed by atoms with van der Waals surface area (Å²) < 4.78 is 5.22. The summed E-state index contributed by atoms with van der Waals surface area (Å²) in [4.78, 5) is 23.9. The number of nitrogens with zero attached hydrogens (tertiary/aromatic N) is 1. The van der Waals surface area contributed by atoms with Gasteiger partial charge >= 0.3 is 5.97 Å². The van der Waals surface area contributed by atoms with Crippen molar-refractivity contribution in [2.24, 2.45) is 0 Å². The van der Waals surface area contributed by atoms with Crippen molar-refractivity contribution in [2.75, 3.05) is 11.4 Å². The van der Waals surface area contributed by atoms with Crippen LogP contribution < -0.4 is 9.64 Å². The fourth-order valence-corrected chi connectivity index (χ4v) is 1.88. The van der Waals surface area contributed by atoms with Gasteiger partial charge in [-0.2, -0.15) is 0 Å². The summed E-state index contributed by atoms with van der Waals surface area (Å²) in [7, 11) is 0. The molecule has 96 valence electrons. The zero-order chi connectivity index (χ0) is 13.1. The second-order valence-corrected chi connectivity index (χ2v) is 4.24. The van der Waals surface area contributed by atoms with Gasteiger partial charge in [0.05, 0.1) is 0 Å². The van der Waals surface area contributed by atoms with Crippen molar-refractivity contribution in [1.82, 2.24) is 0 Å². The maximum absolute atomic E-state index is 11.5. The van der Waals surface area contributed by atoms with Gasteiger partial charge in [-0.05, 0) is 37.6 Å². The van der Waals surface area contributed by atoms with Crippen LogP contribution in [0.1, 0.15) is 19.8 Å². The molecular formula is C13H15NO4. The van der Waals surface area contributed by atoms with Gasteiger partial charge in [0.1, 0.15) is 5.75 Å². The molecule has 0 aliphatic carbocycles. The summed E-state index contributed by atoms with van der Waals surface area (Å²) in [6, 6.07) is 6.90. The van der Waals surface area contributed by atoms with Crippen molar-refractivity contribution >= 4 is 17.6 Å². The topological polar surface area (TPSA) is 66.8 Å². The largest absolute Gasteiger partial charge is 0.479 e. The third-order valence-corrected chi connectivity index (χ3v) is 2.88. The molecule has 1 saturated heterocycles. The highest BCUT2D eigenvalue weighted by molar-refractivity contribution is 5.95. The number of rotatable bonds is 4. The first-order valence-electron chi connectivity index (χ1n) is 5.88. The summed E-state index contributed by atoms with van der Waals surface area (Å²) in [6.45, 7) is 2.21. The molecule has 2 rings (SSSR count). The predicted octanol–water partition coefficient (Wildman–Crippen LogP) is 1.67. The zero-order valence-corrected chi connectivity index (χ0v) is 10.1. The number of amides is 1. The summed E-state index contributed by atoms with van der Waals surface area (Å²) in [6.07, 6.45) is 0.589. The lowest BCUT2D eigenvalue weighted by Gasteiger charge is -2.16. The van der Waals surface area contributed by atoms with E-state index in [1.807, 2.05) is 0 Å². The number of carboxylic acids is 1. The maximum Gasteiger partial charge on any atom is 0.344 e. The maximum atomic E-state index is 11.5. The minimum Gasteiger partial charge on any atom is -0.479 e. The van der Waals surface area contributed by atoms with E-state index in [0.29, 0.717) is 12.2 Å². The molecule has 1 atom stereocenters. The van der Waals surface area contributed by atoms with E-state index in [-0.39, 0.29) is 5.91 Å². The summed E-state index contributed by atoms with van der Waals surface area (Å²) >= 11 is 0. The Hall–Kier alpha value is -2.04. The smallest absolute Gasteiger partial charge is 0.344 e. The first-order valence-corrected chi connectivity index (χ1v) is 5.88. The monoisotopic (exact) mass is 249 g/mol. The molecule has 0 spiro atoms. The van der Waals surface area contributed by atoms with Gasteiger partial charge in [0, 0.05) is 18.7 Å². The minimum absolute atomic E-state index is 0.127. The summed E-state index contributed by atoms with van der Waals surface area (Å²) in [5, 5.41) is 8.73. The van der Waals surface area contributed by atoms with Gasteiger partial charge in [0.25, 0.3) is 0 Å². The number of hydrogen-bond acceptors (Lipinski definition) is 3. The standard InChI is InChI=1S/C13H15NO4/c1-9(13(16)17)18-11-6-4-10(5-7-11)14-8-2-3-12(14)15/h4-7,9H,2-3,8H2,1H3,(H,16,17)/t9-/m1/s1. The Labute approximate surface area is 105 Å². The van der Waals surface area contributed by atoms with E-state index in [2.05, 4.69) is 0 Å². The quantitative estimate of drug-likeness (QED) is 0.881. The molecule has 18 heavy (non-hydrogen) atoms. The van der Waals surface area contributed by atoms with E-state index in [9.17, 15) is 9.59 Å². The van der Waals surface area contributed by atoms with Gasteiger partial charge in [-0.3, -0.25) is 4.79 Å². The molecule has 1 heterocycles. The van der Waals surface area contributed by atoms with Crippen LogP contribution in [-0.2, 0) is 9.59 Å². The number of hydrogen-bond donors (Lipinski definition) is 1. The molecule has 1 aliphatic heterocycles. The van der Waals surface area contributed by atoms with Crippen molar-refractivity contribution < 1.29 is 19.4 Å². The van der Waals surface area contributed by atoms with Crippen molar-refractivity contribution in [3.8, 4) is 5.75 Å². The van der Waals surface area contributed by atoms with Crippen LogP contribution in [0.4, 0.5) is 5.69 Å². The first kappa shape index (κ1) is 12.4. The average molecular weight is 249 g/mol. The molecule has 5 nitrogen and oxygen atoms in total. The first-order chi connectivity index (χ1) is 8.58. The number of benzene rings is 1. The number of carbonyl (C=O) groups excluding carboxylic acids is 1. The van der Waals surface area contributed by atoms with Crippen LogP contribution in [-0.4, -0.2) is 29.6 Å². The van der Waals surface area contributed by atoms with Crippen molar-refractivity contribution in [2.45, 2.75) is 25.9 Å². The Morgan fingerprint density at radius 1 is 1.39 bits per heavy atom. The number of carboxylic acid groups (broad SMARTS) is 1. The molecule has 1 fully saturated rings. The van der Waals surface area contributed by atoms with Crippen LogP contribution >= 0.6 is 0 Å². The number of aliphatic carboxylic acids is 1. The molecule has 0 bridgehead atoms. The fraction of sp³-hybridized carbons (Fsp3) is 0.385. The number of anilines is 1. The fourth-order valence-electron chi connectivity index (χ4n) is 1.88. The van der Waals surface area contributed by atoms with Gasteiger partial charge in [0.15, 0.2) is 6.10 Å². The van der Waals surface area contributed by atoms with Crippen molar-refractivity contribution in [3.05, 3.63) is 24.3 Å². The van der Waals surface area contributed by atoms with Gasteiger partial charge < -0.3 is 14.7 Å². The second kappa shape index (κ2) is 5.08. The molecule has 0 unspecified atom stereocenters. The van der Waals surface area contributed by atoms with Crippen LogP contribution in [0.2, 0.25) is 0 Å². The van der Waals surface area contributed by atoms with Crippen LogP contribution in [0.15, 0.2) is 24.3 Å². The van der Waals surface area contributed by atoms with Gasteiger partial charge in [-0.1, -0.05) is 0 Å². The van der Waals surface area contributed by atoms with Crippen molar-refractivity contribution in [3.63, 3.8) is 0 Å². The van der Waals surface area contributed by atoms with Crippen LogP contribution in [0.25, 0.3) is 0 Å². The Balaban J connectivity index is 2.05. The molecule has 1 amide bonds. The minimum atomic E-state index is -1.01. The number of carbonyl (C=O) groups is 2. The predicted molar refractivity (Wildman–Crippen MR) is 65.8 cm³/mol. The molecular weight excluding hydrogens is 234 g/mol. The summed E-state index contributed by atoms with van der Waals surface area (Å²) in [5.74, 6) is -0.392. The van der Waals surface area contributed by atoms with Crippen LogP contribution in [0.3, 0.4) is 0 Å². The highest BCUT2D eigenvalue weighted by atomic mass is 16.5. The van der Waals surface area contributed by atoms with Gasteiger partial charge in [-0.15, -0.1) is 0 Å². The Kier molecular flexibility index (Phi) is 3.50. The Bertz CT molecular complexity index is 455. The Morgan fingerprint density at radius 2 is 2.06 bits per heavy atom. The molecule has 1 N–H and O–H groups in total. The van der Waals surface area contributed by atoms with E-state index in [4.69, 9.17) is 9.84 Å². The molecule has 0 radical (unpaired) electrons. The van der Waals surface area contributed by atoms with Crippen molar-refractivity contribution in [1.29, 1.82) is 0 Å². The van der Waals surface area contributed by atoms with Gasteiger partial charge in [-0.25, -0.2) is 4.79 Å². The van der Waals surface area contributed by atoms with E-state index in [1.165, 1.54) is 6.92 Å². The van der Waals surface area contributed by atoms with E-state index in [0.717, 1.165) is 18.7 Å². The molecule has 5 heteroatoms. The van der Waals surface area contributed by atoms with E-state index in [1.54, 1.807) is 29.2 Å². The Morgan fingerprint density at radius 3 is 2.56 bits per heavy atom. The molecule has 0 saturated carbocycles. The lowest BCUT2D eigenvalue weighted by atomic mass is 10.2.